The van der Waals surface area contributed by atoms with Crippen LogP contribution in [0.25, 0.3) is 0 Å². The first-order valence-corrected chi connectivity index (χ1v) is 7.15. The molecule has 5 heteroatoms. The van der Waals surface area contributed by atoms with Crippen molar-refractivity contribution >= 4 is 28.5 Å². The van der Waals surface area contributed by atoms with Gasteiger partial charge in [-0.15, -0.1) is 0 Å². The van der Waals surface area contributed by atoms with E-state index < -0.39 is 0 Å². The van der Waals surface area contributed by atoms with E-state index in [2.05, 4.69) is 41.5 Å². The number of hydrogen-bond acceptors (Lipinski definition) is 2. The van der Waals surface area contributed by atoms with Gasteiger partial charge in [0.05, 0.1) is 9.77 Å². The standard InChI is InChI=1S/C12H18IN3O/c1-9-4-3-5-10(2)16(9)12(17)8-15-7-11(13)6-14-15/h6-7,9-10H,3-5,8H2,1-2H3/t9-,10-/m0/s1. The van der Waals surface area contributed by atoms with E-state index >= 15 is 0 Å². The van der Waals surface area contributed by atoms with Gasteiger partial charge in [-0.2, -0.15) is 5.10 Å². The molecule has 94 valence electrons. The van der Waals surface area contributed by atoms with Crippen molar-refractivity contribution in [2.45, 2.75) is 51.7 Å². The van der Waals surface area contributed by atoms with Crippen LogP contribution >= 0.6 is 22.6 Å². The zero-order chi connectivity index (χ0) is 12.4. The maximum Gasteiger partial charge on any atom is 0.244 e. The molecular formula is C12H18IN3O. The number of rotatable bonds is 2. The first-order valence-electron chi connectivity index (χ1n) is 6.07. The third-order valence-corrected chi connectivity index (χ3v) is 3.94. The predicted molar refractivity (Wildman–Crippen MR) is 74.6 cm³/mol. The molecule has 1 saturated heterocycles. The van der Waals surface area contributed by atoms with Gasteiger partial charge < -0.3 is 4.90 Å². The summed E-state index contributed by atoms with van der Waals surface area (Å²) in [6.07, 6.45) is 7.14. The molecule has 1 fully saturated rings. The molecule has 17 heavy (non-hydrogen) atoms. The zero-order valence-corrected chi connectivity index (χ0v) is 12.4. The number of halogens is 1. The van der Waals surface area contributed by atoms with E-state index in [1.807, 2.05) is 11.1 Å². The minimum Gasteiger partial charge on any atom is -0.336 e. The summed E-state index contributed by atoms with van der Waals surface area (Å²) >= 11 is 2.20. The topological polar surface area (TPSA) is 38.1 Å². The van der Waals surface area contributed by atoms with Crippen molar-refractivity contribution in [1.82, 2.24) is 14.7 Å². The van der Waals surface area contributed by atoms with E-state index in [1.165, 1.54) is 6.42 Å². The quantitative estimate of drug-likeness (QED) is 0.770. The zero-order valence-electron chi connectivity index (χ0n) is 10.3. The maximum atomic E-state index is 12.3. The molecule has 1 amide bonds. The molecule has 1 aliphatic rings. The van der Waals surface area contributed by atoms with Gasteiger partial charge in [-0.25, -0.2) is 0 Å². The number of likely N-dealkylation sites (tertiary alicyclic amines) is 1. The summed E-state index contributed by atoms with van der Waals surface area (Å²) in [6.45, 7) is 4.64. The van der Waals surface area contributed by atoms with Crippen molar-refractivity contribution in [2.75, 3.05) is 0 Å². The molecular weight excluding hydrogens is 329 g/mol. The van der Waals surface area contributed by atoms with Gasteiger partial charge in [0.2, 0.25) is 5.91 Å². The average Bonchev–Trinajstić information content (AvgIpc) is 2.63. The van der Waals surface area contributed by atoms with E-state index in [9.17, 15) is 4.79 Å². The Balaban J connectivity index is 2.03. The molecule has 1 aliphatic heterocycles. The van der Waals surface area contributed by atoms with Gasteiger partial charge >= 0.3 is 0 Å². The van der Waals surface area contributed by atoms with Crippen molar-refractivity contribution in [1.29, 1.82) is 0 Å². The highest BCUT2D eigenvalue weighted by Crippen LogP contribution is 2.22. The van der Waals surface area contributed by atoms with Crippen LogP contribution in [-0.4, -0.2) is 32.7 Å². The third-order valence-electron chi connectivity index (χ3n) is 3.38. The Kier molecular flexibility index (Phi) is 4.06. The Hall–Kier alpha value is -0.590. The molecule has 2 heterocycles. The van der Waals surface area contributed by atoms with Crippen LogP contribution in [0.3, 0.4) is 0 Å². The molecule has 0 spiro atoms. The van der Waals surface area contributed by atoms with Crippen LogP contribution in [0, 0.1) is 3.57 Å². The Bertz CT molecular complexity index is 394. The Morgan fingerprint density at radius 3 is 2.65 bits per heavy atom. The molecule has 0 aromatic carbocycles. The summed E-state index contributed by atoms with van der Waals surface area (Å²) < 4.78 is 2.79. The second kappa shape index (κ2) is 5.37. The summed E-state index contributed by atoms with van der Waals surface area (Å²) in [4.78, 5) is 14.3. The summed E-state index contributed by atoms with van der Waals surface area (Å²) in [5, 5.41) is 4.16. The summed E-state index contributed by atoms with van der Waals surface area (Å²) in [5.41, 5.74) is 0. The van der Waals surface area contributed by atoms with Crippen LogP contribution < -0.4 is 0 Å². The molecule has 2 atom stereocenters. The van der Waals surface area contributed by atoms with Crippen molar-refractivity contribution < 1.29 is 4.79 Å². The molecule has 2 rings (SSSR count). The molecule has 0 unspecified atom stereocenters. The van der Waals surface area contributed by atoms with E-state index in [0.717, 1.165) is 16.4 Å². The summed E-state index contributed by atoms with van der Waals surface area (Å²) in [5.74, 6) is 0.184. The maximum absolute atomic E-state index is 12.3. The lowest BCUT2D eigenvalue weighted by molar-refractivity contribution is -0.138. The van der Waals surface area contributed by atoms with Crippen LogP contribution in [0.1, 0.15) is 33.1 Å². The van der Waals surface area contributed by atoms with E-state index in [0.29, 0.717) is 18.6 Å². The van der Waals surface area contributed by atoms with E-state index in [1.54, 1.807) is 10.9 Å². The first kappa shape index (κ1) is 12.9. The summed E-state index contributed by atoms with van der Waals surface area (Å²) in [7, 11) is 0. The van der Waals surface area contributed by atoms with Crippen LogP contribution in [0.15, 0.2) is 12.4 Å². The first-order chi connectivity index (χ1) is 8.08. The van der Waals surface area contributed by atoms with Gasteiger partial charge in [0.15, 0.2) is 0 Å². The molecule has 1 aromatic heterocycles. The highest BCUT2D eigenvalue weighted by molar-refractivity contribution is 14.1. The molecule has 4 nitrogen and oxygen atoms in total. The second-order valence-electron chi connectivity index (χ2n) is 4.79. The molecule has 0 saturated carbocycles. The number of carbonyl (C=O) groups excluding carboxylic acids is 1. The van der Waals surface area contributed by atoms with Gasteiger partial charge in [0.25, 0.3) is 0 Å². The third kappa shape index (κ3) is 3.00. The van der Waals surface area contributed by atoms with E-state index in [-0.39, 0.29) is 5.91 Å². The largest absolute Gasteiger partial charge is 0.336 e. The van der Waals surface area contributed by atoms with Crippen LogP contribution in [0.4, 0.5) is 0 Å². The fourth-order valence-corrected chi connectivity index (χ4v) is 3.00. The van der Waals surface area contributed by atoms with Gasteiger partial charge in [-0.05, 0) is 55.7 Å². The van der Waals surface area contributed by atoms with Gasteiger partial charge in [0.1, 0.15) is 6.54 Å². The molecule has 0 N–H and O–H groups in total. The predicted octanol–water partition coefficient (Wildman–Crippen LogP) is 2.28. The highest BCUT2D eigenvalue weighted by atomic mass is 127. The van der Waals surface area contributed by atoms with Gasteiger partial charge in [0, 0.05) is 18.3 Å². The van der Waals surface area contributed by atoms with Crippen molar-refractivity contribution in [3.05, 3.63) is 16.0 Å². The number of aromatic nitrogens is 2. The Morgan fingerprint density at radius 2 is 2.12 bits per heavy atom. The van der Waals surface area contributed by atoms with Gasteiger partial charge in [-0.1, -0.05) is 0 Å². The molecule has 1 aromatic rings. The fourth-order valence-electron chi connectivity index (χ4n) is 2.56. The average molecular weight is 347 g/mol. The fraction of sp³-hybridized carbons (Fsp3) is 0.667. The number of piperidine rings is 1. The molecule has 0 bridgehead atoms. The monoisotopic (exact) mass is 347 g/mol. The molecule has 0 aliphatic carbocycles. The lowest BCUT2D eigenvalue weighted by Gasteiger charge is -2.39. The van der Waals surface area contributed by atoms with Crippen LogP contribution in [0.5, 0.6) is 0 Å². The normalized spacial score (nSPS) is 25.0. The lowest BCUT2D eigenvalue weighted by Crippen LogP contribution is -2.48. The lowest BCUT2D eigenvalue weighted by atomic mass is 9.97. The molecule has 0 radical (unpaired) electrons. The number of amides is 1. The van der Waals surface area contributed by atoms with E-state index in [4.69, 9.17) is 0 Å². The van der Waals surface area contributed by atoms with Crippen molar-refractivity contribution in [3.8, 4) is 0 Å². The Labute approximate surface area is 116 Å². The smallest absolute Gasteiger partial charge is 0.244 e. The van der Waals surface area contributed by atoms with Crippen molar-refractivity contribution in [3.63, 3.8) is 0 Å². The SMILES string of the molecule is C[C@H]1CCC[C@H](C)N1C(=O)Cn1cc(I)cn1. The minimum absolute atomic E-state index is 0.184. The van der Waals surface area contributed by atoms with Crippen LogP contribution in [0.2, 0.25) is 0 Å². The van der Waals surface area contributed by atoms with Crippen LogP contribution in [-0.2, 0) is 11.3 Å². The van der Waals surface area contributed by atoms with Crippen molar-refractivity contribution in [2.24, 2.45) is 0 Å². The second-order valence-corrected chi connectivity index (χ2v) is 6.03. The van der Waals surface area contributed by atoms with Gasteiger partial charge in [-0.3, -0.25) is 9.48 Å². The number of hydrogen-bond donors (Lipinski definition) is 0. The summed E-state index contributed by atoms with van der Waals surface area (Å²) in [6, 6.07) is 0.724. The highest BCUT2D eigenvalue weighted by Gasteiger charge is 2.28. The number of carbonyl (C=O) groups is 1. The minimum atomic E-state index is 0.184. The Morgan fingerprint density at radius 1 is 1.47 bits per heavy atom. The number of nitrogens with zero attached hydrogens (tertiary/aromatic N) is 3.